The number of fused-ring (bicyclic) bond motifs is 1. The zero-order chi connectivity index (χ0) is 15.7. The molecule has 118 valence electrons. The molecular weight excluding hydrogens is 346 g/mol. The number of piperidine rings is 1. The minimum Gasteiger partial charge on any atom is -0.375 e. The van der Waals surface area contributed by atoms with Gasteiger partial charge in [-0.3, -0.25) is 10.1 Å². The molecule has 3 atom stereocenters. The number of ether oxygens (including phenoxy) is 1. The fourth-order valence-corrected chi connectivity index (χ4v) is 3.42. The van der Waals surface area contributed by atoms with Crippen molar-refractivity contribution in [3.8, 4) is 0 Å². The summed E-state index contributed by atoms with van der Waals surface area (Å²) in [5.74, 6) is 1.12. The van der Waals surface area contributed by atoms with Gasteiger partial charge in [0.1, 0.15) is 10.4 Å². The third kappa shape index (κ3) is 3.09. The van der Waals surface area contributed by atoms with Crippen molar-refractivity contribution in [2.75, 3.05) is 18.5 Å². The molecule has 3 rings (SSSR count). The Labute approximate surface area is 138 Å². The van der Waals surface area contributed by atoms with Gasteiger partial charge in [0.05, 0.1) is 19.3 Å². The Morgan fingerprint density at radius 2 is 2.50 bits per heavy atom. The molecule has 5 nitrogen and oxygen atoms in total. The highest BCUT2D eigenvalue weighted by Crippen LogP contribution is 2.52. The molecule has 2 fully saturated rings. The van der Waals surface area contributed by atoms with E-state index in [1.165, 1.54) is 0 Å². The fraction of sp³-hybridized carbons (Fsp3) is 0.500. The molecule has 0 radical (unpaired) electrons. The first-order chi connectivity index (χ1) is 10.5. The molecule has 1 saturated carbocycles. The van der Waals surface area contributed by atoms with Gasteiger partial charge in [0.2, 0.25) is 5.91 Å². The number of carbonyl (C=O) groups excluding carboxylic acids is 1. The average molecular weight is 366 g/mol. The second-order valence-electron chi connectivity index (χ2n) is 6.08. The highest BCUT2D eigenvalue weighted by molar-refractivity contribution is 9.10. The van der Waals surface area contributed by atoms with E-state index in [2.05, 4.69) is 38.1 Å². The summed E-state index contributed by atoms with van der Waals surface area (Å²) >= 11 is 3.33. The van der Waals surface area contributed by atoms with Crippen LogP contribution in [0.2, 0.25) is 0 Å². The van der Waals surface area contributed by atoms with Crippen molar-refractivity contribution in [2.24, 2.45) is 5.92 Å². The van der Waals surface area contributed by atoms with Gasteiger partial charge in [0.15, 0.2) is 0 Å². The Kier molecular flexibility index (Phi) is 4.34. The summed E-state index contributed by atoms with van der Waals surface area (Å²) in [6, 6.07) is 3.61. The molecule has 2 N–H and O–H groups in total. The van der Waals surface area contributed by atoms with E-state index in [0.29, 0.717) is 29.6 Å². The van der Waals surface area contributed by atoms with Gasteiger partial charge in [-0.15, -0.1) is 6.58 Å². The van der Waals surface area contributed by atoms with E-state index in [-0.39, 0.29) is 17.5 Å². The molecule has 2 heterocycles. The van der Waals surface area contributed by atoms with Crippen LogP contribution >= 0.6 is 15.9 Å². The Bertz CT molecular complexity index is 607. The number of hydrogen-bond acceptors (Lipinski definition) is 4. The van der Waals surface area contributed by atoms with E-state index in [4.69, 9.17) is 4.74 Å². The number of aromatic nitrogens is 1. The molecule has 1 aromatic heterocycles. The van der Waals surface area contributed by atoms with E-state index < -0.39 is 0 Å². The lowest BCUT2D eigenvalue weighted by Crippen LogP contribution is -2.45. The lowest BCUT2D eigenvalue weighted by molar-refractivity contribution is -0.118. The summed E-state index contributed by atoms with van der Waals surface area (Å²) in [4.78, 5) is 16.7. The molecule has 3 unspecified atom stereocenters. The fourth-order valence-electron chi connectivity index (χ4n) is 3.11. The van der Waals surface area contributed by atoms with E-state index in [1.54, 1.807) is 6.08 Å². The van der Waals surface area contributed by atoms with Gasteiger partial charge in [0.25, 0.3) is 0 Å². The maximum atomic E-state index is 12.4. The van der Waals surface area contributed by atoms with E-state index in [0.717, 1.165) is 18.4 Å². The largest absolute Gasteiger partial charge is 0.375 e. The highest BCUT2D eigenvalue weighted by atomic mass is 79.9. The topological polar surface area (TPSA) is 63.2 Å². The van der Waals surface area contributed by atoms with Crippen LogP contribution in [0.25, 0.3) is 0 Å². The number of carbonyl (C=O) groups is 1. The van der Waals surface area contributed by atoms with E-state index in [1.807, 2.05) is 19.1 Å². The van der Waals surface area contributed by atoms with Crippen molar-refractivity contribution in [1.82, 2.24) is 10.3 Å². The third-order valence-electron chi connectivity index (χ3n) is 4.43. The summed E-state index contributed by atoms with van der Waals surface area (Å²) in [5.41, 5.74) is 0.939. The minimum atomic E-state index is -0.175. The summed E-state index contributed by atoms with van der Waals surface area (Å²) in [6.45, 7) is 6.77. The number of pyridine rings is 1. The standard InChI is InChI=1S/C16H20BrN3O2/c1-3-6-22-9-16-8-11(16)7-12(20-16)15(21)19-14-10(2)4-5-13(17)18-14/h3-5,11-12,20H,1,6-9H2,2H3,(H,18,19,21). The van der Waals surface area contributed by atoms with E-state index in [9.17, 15) is 4.79 Å². The first kappa shape index (κ1) is 15.6. The van der Waals surface area contributed by atoms with Gasteiger partial charge >= 0.3 is 0 Å². The van der Waals surface area contributed by atoms with Crippen LogP contribution in [0.4, 0.5) is 5.82 Å². The maximum absolute atomic E-state index is 12.4. The Hall–Kier alpha value is -1.24. The quantitative estimate of drug-likeness (QED) is 0.461. The number of aryl methyl sites for hydroxylation is 1. The number of nitrogens with zero attached hydrogens (tertiary/aromatic N) is 1. The Balaban J connectivity index is 1.58. The van der Waals surface area contributed by atoms with Crippen LogP contribution in [0.1, 0.15) is 18.4 Å². The molecule has 0 bridgehead atoms. The van der Waals surface area contributed by atoms with Crippen molar-refractivity contribution in [3.05, 3.63) is 35.0 Å². The number of hydrogen-bond donors (Lipinski definition) is 2. The molecule has 1 saturated heterocycles. The highest BCUT2D eigenvalue weighted by Gasteiger charge is 2.61. The lowest BCUT2D eigenvalue weighted by Gasteiger charge is -2.19. The van der Waals surface area contributed by atoms with Crippen LogP contribution in [-0.4, -0.2) is 35.7 Å². The van der Waals surface area contributed by atoms with Crippen LogP contribution in [0.5, 0.6) is 0 Å². The Morgan fingerprint density at radius 1 is 1.68 bits per heavy atom. The maximum Gasteiger partial charge on any atom is 0.242 e. The molecule has 1 amide bonds. The molecule has 1 aliphatic heterocycles. The molecule has 0 aromatic carbocycles. The molecule has 0 spiro atoms. The van der Waals surface area contributed by atoms with Crippen molar-refractivity contribution >= 4 is 27.7 Å². The zero-order valence-electron chi connectivity index (χ0n) is 12.6. The van der Waals surface area contributed by atoms with Crippen LogP contribution in [-0.2, 0) is 9.53 Å². The molecule has 1 aliphatic carbocycles. The monoisotopic (exact) mass is 365 g/mol. The van der Waals surface area contributed by atoms with Crippen molar-refractivity contribution in [1.29, 1.82) is 0 Å². The normalized spacial score (nSPS) is 29.0. The van der Waals surface area contributed by atoms with Gasteiger partial charge in [-0.1, -0.05) is 12.1 Å². The second kappa shape index (κ2) is 6.10. The zero-order valence-corrected chi connectivity index (χ0v) is 14.1. The second-order valence-corrected chi connectivity index (χ2v) is 6.89. The van der Waals surface area contributed by atoms with Crippen LogP contribution < -0.4 is 10.6 Å². The molecular formula is C16H20BrN3O2. The first-order valence-corrected chi connectivity index (χ1v) is 8.24. The first-order valence-electron chi connectivity index (χ1n) is 7.44. The van der Waals surface area contributed by atoms with Gasteiger partial charge in [-0.05, 0) is 53.2 Å². The SMILES string of the molecule is C=CCOCC12CC1CC(C(=O)Nc1nc(Br)ccc1C)N2. The van der Waals surface area contributed by atoms with Gasteiger partial charge < -0.3 is 10.1 Å². The van der Waals surface area contributed by atoms with Gasteiger partial charge in [0, 0.05) is 5.54 Å². The van der Waals surface area contributed by atoms with Crippen molar-refractivity contribution in [2.45, 2.75) is 31.3 Å². The lowest BCUT2D eigenvalue weighted by atomic mass is 10.1. The van der Waals surface area contributed by atoms with Crippen molar-refractivity contribution in [3.63, 3.8) is 0 Å². The predicted octanol–water partition coefficient (Wildman–Crippen LogP) is 2.41. The smallest absolute Gasteiger partial charge is 0.242 e. The van der Waals surface area contributed by atoms with E-state index >= 15 is 0 Å². The van der Waals surface area contributed by atoms with Crippen LogP contribution in [0.3, 0.4) is 0 Å². The number of anilines is 1. The predicted molar refractivity (Wildman–Crippen MR) is 88.7 cm³/mol. The number of nitrogens with one attached hydrogen (secondary N) is 2. The third-order valence-corrected chi connectivity index (χ3v) is 4.87. The van der Waals surface area contributed by atoms with Gasteiger partial charge in [-0.25, -0.2) is 4.98 Å². The van der Waals surface area contributed by atoms with Crippen LogP contribution in [0.15, 0.2) is 29.4 Å². The minimum absolute atomic E-state index is 0.00917. The molecule has 1 aromatic rings. The average Bonchev–Trinajstić information content (AvgIpc) is 3.04. The molecule has 22 heavy (non-hydrogen) atoms. The molecule has 6 heteroatoms. The van der Waals surface area contributed by atoms with Gasteiger partial charge in [-0.2, -0.15) is 0 Å². The number of amides is 1. The number of halogens is 1. The number of rotatable bonds is 6. The molecule has 2 aliphatic rings. The van der Waals surface area contributed by atoms with Crippen LogP contribution in [0, 0.1) is 12.8 Å². The van der Waals surface area contributed by atoms with Crippen molar-refractivity contribution < 1.29 is 9.53 Å². The summed E-state index contributed by atoms with van der Waals surface area (Å²) in [6.07, 6.45) is 3.69. The summed E-state index contributed by atoms with van der Waals surface area (Å²) in [5, 5.41) is 6.36. The Morgan fingerprint density at radius 3 is 3.27 bits per heavy atom. The summed E-state index contributed by atoms with van der Waals surface area (Å²) < 4.78 is 6.27. The summed E-state index contributed by atoms with van der Waals surface area (Å²) in [7, 11) is 0.